The van der Waals surface area contributed by atoms with Gasteiger partial charge in [-0.2, -0.15) is 0 Å². The number of fused-ring (bicyclic) bond motifs is 2. The number of hydrogen-bond donors (Lipinski definition) is 1. The highest BCUT2D eigenvalue weighted by Crippen LogP contribution is 2.50. The van der Waals surface area contributed by atoms with Gasteiger partial charge in [-0.3, -0.25) is 9.69 Å². The largest absolute Gasteiger partial charge is 0.456 e. The maximum atomic E-state index is 12.0. The Hall–Kier alpha value is -0.660. The molecular formula is C9H10N2O3S2. The lowest BCUT2D eigenvalue weighted by Crippen LogP contribution is -2.75. The second-order valence-electron chi connectivity index (χ2n) is 3.86. The van der Waals surface area contributed by atoms with Crippen molar-refractivity contribution in [2.75, 3.05) is 18.6 Å². The van der Waals surface area contributed by atoms with E-state index in [0.717, 1.165) is 11.3 Å². The van der Waals surface area contributed by atoms with Gasteiger partial charge in [0.1, 0.15) is 17.7 Å². The van der Waals surface area contributed by atoms with Crippen LogP contribution in [0.3, 0.4) is 0 Å². The zero-order valence-corrected chi connectivity index (χ0v) is 10.2. The molecule has 1 saturated heterocycles. The van der Waals surface area contributed by atoms with Crippen LogP contribution in [0.5, 0.6) is 0 Å². The lowest BCUT2D eigenvalue weighted by atomic mass is 10.0. The molecular weight excluding hydrogens is 248 g/mol. The van der Waals surface area contributed by atoms with Gasteiger partial charge in [-0.05, 0) is 6.26 Å². The van der Waals surface area contributed by atoms with E-state index >= 15 is 0 Å². The van der Waals surface area contributed by atoms with Gasteiger partial charge in [-0.15, -0.1) is 23.5 Å². The van der Waals surface area contributed by atoms with E-state index in [-0.39, 0.29) is 11.3 Å². The van der Waals surface area contributed by atoms with Crippen LogP contribution in [-0.2, 0) is 14.3 Å². The van der Waals surface area contributed by atoms with E-state index in [0.29, 0.717) is 12.3 Å². The molecule has 0 aromatic heterocycles. The van der Waals surface area contributed by atoms with Gasteiger partial charge in [0.2, 0.25) is 0 Å². The molecule has 16 heavy (non-hydrogen) atoms. The standard InChI is InChI=1S/C9H10N2O3S2/c1-15-9(10)7(13)11-5-4(2-14-6(5)12)3-16-8(9)11/h8H,2-3,10H2,1H3/t8-,9+/m1/s1. The van der Waals surface area contributed by atoms with Crippen molar-refractivity contribution in [3.63, 3.8) is 0 Å². The minimum atomic E-state index is -0.883. The first-order valence-corrected chi connectivity index (χ1v) is 7.05. The number of hydrogen-bond acceptors (Lipinski definition) is 6. The molecule has 3 aliphatic rings. The monoisotopic (exact) mass is 258 g/mol. The zero-order valence-electron chi connectivity index (χ0n) is 8.56. The molecule has 86 valence electrons. The summed E-state index contributed by atoms with van der Waals surface area (Å²) < 4.78 is 4.93. The summed E-state index contributed by atoms with van der Waals surface area (Å²) in [7, 11) is 0. The van der Waals surface area contributed by atoms with Crippen LogP contribution >= 0.6 is 23.5 Å². The summed E-state index contributed by atoms with van der Waals surface area (Å²) in [5.74, 6) is 0.134. The number of esters is 1. The molecule has 0 aliphatic carbocycles. The molecule has 0 aromatic carbocycles. The summed E-state index contributed by atoms with van der Waals surface area (Å²) in [6.45, 7) is 0.314. The second-order valence-corrected chi connectivity index (χ2v) is 6.02. The Morgan fingerprint density at radius 2 is 2.38 bits per heavy atom. The fraction of sp³-hybridized carbons (Fsp3) is 0.556. The van der Waals surface area contributed by atoms with Gasteiger partial charge in [0.15, 0.2) is 4.87 Å². The summed E-state index contributed by atoms with van der Waals surface area (Å²) in [4.78, 5) is 24.1. The number of rotatable bonds is 1. The van der Waals surface area contributed by atoms with Crippen LogP contribution in [0.25, 0.3) is 0 Å². The molecule has 0 radical (unpaired) electrons. The Bertz CT molecular complexity index is 436. The van der Waals surface area contributed by atoms with Crippen molar-refractivity contribution >= 4 is 35.4 Å². The van der Waals surface area contributed by atoms with Crippen LogP contribution in [-0.4, -0.2) is 45.6 Å². The van der Waals surface area contributed by atoms with Crippen molar-refractivity contribution in [1.82, 2.24) is 4.90 Å². The number of ether oxygens (including phenoxy) is 1. The van der Waals surface area contributed by atoms with E-state index in [2.05, 4.69) is 0 Å². The highest BCUT2D eigenvalue weighted by atomic mass is 32.2. The predicted octanol–water partition coefficient (Wildman–Crippen LogP) is -0.270. The molecule has 3 heterocycles. The Morgan fingerprint density at radius 3 is 3.06 bits per heavy atom. The van der Waals surface area contributed by atoms with Crippen LogP contribution in [0.4, 0.5) is 0 Å². The predicted molar refractivity (Wildman–Crippen MR) is 61.5 cm³/mol. The van der Waals surface area contributed by atoms with Gasteiger partial charge in [0.25, 0.3) is 5.91 Å². The van der Waals surface area contributed by atoms with E-state index < -0.39 is 10.8 Å². The minimum absolute atomic E-state index is 0.139. The Morgan fingerprint density at radius 1 is 1.62 bits per heavy atom. The molecule has 1 amide bonds. The lowest BCUT2D eigenvalue weighted by molar-refractivity contribution is -0.149. The number of carbonyl (C=O) groups is 2. The van der Waals surface area contributed by atoms with E-state index in [9.17, 15) is 9.59 Å². The summed E-state index contributed by atoms with van der Waals surface area (Å²) in [5, 5.41) is -0.139. The number of nitrogens with two attached hydrogens (primary N) is 1. The molecule has 0 aromatic rings. The molecule has 0 saturated carbocycles. The molecule has 0 spiro atoms. The summed E-state index contributed by atoms with van der Waals surface area (Å²) in [6.07, 6.45) is 1.81. The van der Waals surface area contributed by atoms with E-state index in [1.54, 1.807) is 11.8 Å². The zero-order chi connectivity index (χ0) is 11.5. The number of nitrogens with zero attached hydrogens (tertiary/aromatic N) is 1. The molecule has 5 nitrogen and oxygen atoms in total. The first-order chi connectivity index (χ1) is 7.59. The van der Waals surface area contributed by atoms with E-state index in [1.807, 2.05) is 6.26 Å². The third-order valence-electron chi connectivity index (χ3n) is 3.05. The average molecular weight is 258 g/mol. The molecule has 2 N–H and O–H groups in total. The highest BCUT2D eigenvalue weighted by molar-refractivity contribution is 8.04. The van der Waals surface area contributed by atoms with Crippen molar-refractivity contribution in [2.45, 2.75) is 10.2 Å². The van der Waals surface area contributed by atoms with Crippen molar-refractivity contribution in [3.05, 3.63) is 11.3 Å². The Labute approximate surface area is 101 Å². The molecule has 3 rings (SSSR count). The van der Waals surface area contributed by atoms with Crippen LogP contribution in [0, 0.1) is 0 Å². The van der Waals surface area contributed by atoms with Crippen LogP contribution in [0.2, 0.25) is 0 Å². The fourth-order valence-electron chi connectivity index (χ4n) is 2.12. The van der Waals surface area contributed by atoms with Crippen LogP contribution in [0.15, 0.2) is 11.3 Å². The SMILES string of the molecule is CS[C@@]1(N)C(=O)N2C3=C(COC3=O)CS[C@@H]21. The quantitative estimate of drug-likeness (QED) is 0.396. The number of β-lactam (4-membered cyclic amide) rings is 1. The second kappa shape index (κ2) is 3.18. The van der Waals surface area contributed by atoms with Crippen molar-refractivity contribution < 1.29 is 14.3 Å². The first-order valence-electron chi connectivity index (χ1n) is 4.78. The fourth-order valence-corrected chi connectivity index (χ4v) is 4.47. The molecule has 3 aliphatic heterocycles. The summed E-state index contributed by atoms with van der Waals surface area (Å²) in [6, 6.07) is 0. The van der Waals surface area contributed by atoms with Crippen LogP contribution < -0.4 is 5.73 Å². The summed E-state index contributed by atoms with van der Waals surface area (Å²) in [5.41, 5.74) is 7.34. The van der Waals surface area contributed by atoms with Gasteiger partial charge in [0, 0.05) is 11.3 Å². The van der Waals surface area contributed by atoms with E-state index in [1.165, 1.54) is 16.7 Å². The van der Waals surface area contributed by atoms with Gasteiger partial charge in [0.05, 0.1) is 0 Å². The van der Waals surface area contributed by atoms with Gasteiger partial charge in [-0.25, -0.2) is 4.79 Å². The molecule has 2 atom stereocenters. The van der Waals surface area contributed by atoms with E-state index in [4.69, 9.17) is 10.5 Å². The molecule has 0 bridgehead atoms. The molecule has 1 fully saturated rings. The van der Waals surface area contributed by atoms with Gasteiger partial charge < -0.3 is 10.5 Å². The van der Waals surface area contributed by atoms with Crippen molar-refractivity contribution in [3.8, 4) is 0 Å². The lowest BCUT2D eigenvalue weighted by Gasteiger charge is -2.53. The normalized spacial score (nSPS) is 36.9. The summed E-state index contributed by atoms with van der Waals surface area (Å²) >= 11 is 2.93. The maximum Gasteiger partial charge on any atom is 0.355 e. The topological polar surface area (TPSA) is 72.6 Å². The number of carbonyl (C=O) groups excluding carboxylic acids is 2. The smallest absolute Gasteiger partial charge is 0.355 e. The van der Waals surface area contributed by atoms with Gasteiger partial charge in [-0.1, -0.05) is 0 Å². The third-order valence-corrected chi connectivity index (χ3v) is 5.69. The molecule has 7 heteroatoms. The highest BCUT2D eigenvalue weighted by Gasteiger charge is 2.63. The third kappa shape index (κ3) is 1.03. The first kappa shape index (κ1) is 10.5. The Kier molecular flexibility index (Phi) is 2.08. The Balaban J connectivity index is 2.00. The van der Waals surface area contributed by atoms with Crippen LogP contribution in [0.1, 0.15) is 0 Å². The number of cyclic esters (lactones) is 1. The maximum absolute atomic E-state index is 12.0. The average Bonchev–Trinajstić information content (AvgIpc) is 2.68. The van der Waals surface area contributed by atoms with Crippen molar-refractivity contribution in [2.24, 2.45) is 5.73 Å². The van der Waals surface area contributed by atoms with Crippen molar-refractivity contribution in [1.29, 1.82) is 0 Å². The number of thioether (sulfide) groups is 2. The molecule has 0 unspecified atom stereocenters. The van der Waals surface area contributed by atoms with Gasteiger partial charge >= 0.3 is 5.97 Å². The number of amides is 1. The minimum Gasteiger partial charge on any atom is -0.456 e.